The van der Waals surface area contributed by atoms with E-state index in [-0.39, 0.29) is 11.3 Å². The molecule has 1 heterocycles. The number of benzene rings is 1. The quantitative estimate of drug-likeness (QED) is 0.907. The van der Waals surface area contributed by atoms with Gasteiger partial charge in [-0.1, -0.05) is 0 Å². The number of halogens is 1. The molecule has 1 N–H and O–H groups in total. The minimum absolute atomic E-state index is 0.000578. The molecule has 126 valence electrons. The van der Waals surface area contributed by atoms with Crippen LogP contribution in [0, 0.1) is 11.7 Å². The zero-order chi connectivity index (χ0) is 17.3. The summed E-state index contributed by atoms with van der Waals surface area (Å²) in [7, 11) is 2.84. The predicted molar refractivity (Wildman–Crippen MR) is 86.6 cm³/mol. The van der Waals surface area contributed by atoms with E-state index in [0.717, 1.165) is 12.8 Å². The Balaban J connectivity index is 2.10. The summed E-state index contributed by atoms with van der Waals surface area (Å²) >= 11 is 0. The molecule has 0 bridgehead atoms. The topological polar surface area (TPSA) is 73.2 Å². The molecule has 0 spiro atoms. The maximum Gasteiger partial charge on any atom is 0.279 e. The molecule has 1 aromatic heterocycles. The van der Waals surface area contributed by atoms with Gasteiger partial charge in [-0.05, 0) is 43.0 Å². The number of carbonyl (C=O) groups is 1. The van der Waals surface area contributed by atoms with Crippen molar-refractivity contribution in [3.63, 3.8) is 0 Å². The summed E-state index contributed by atoms with van der Waals surface area (Å²) in [6.45, 7) is 0.468. The molecule has 1 aromatic carbocycles. The molecule has 0 atom stereocenters. The third kappa shape index (κ3) is 3.15. The molecule has 1 saturated carbocycles. The lowest BCUT2D eigenvalue weighted by Gasteiger charge is -2.11. The number of nitrogens with zero attached hydrogens (tertiary/aromatic N) is 2. The van der Waals surface area contributed by atoms with Crippen molar-refractivity contribution >= 4 is 5.91 Å². The van der Waals surface area contributed by atoms with Crippen LogP contribution in [0.2, 0.25) is 0 Å². The molecule has 3 rings (SSSR count). The van der Waals surface area contributed by atoms with Crippen LogP contribution in [0.1, 0.15) is 23.2 Å². The Kier molecular flexibility index (Phi) is 4.33. The van der Waals surface area contributed by atoms with Gasteiger partial charge in [-0.25, -0.2) is 9.07 Å². The van der Waals surface area contributed by atoms with Crippen LogP contribution in [-0.4, -0.2) is 29.8 Å². The summed E-state index contributed by atoms with van der Waals surface area (Å²) in [5.74, 6) is -0.479. The number of carbonyl (C=O) groups excluding carboxylic acids is 1. The molecule has 0 aliphatic heterocycles. The molecule has 6 nitrogen and oxygen atoms in total. The Morgan fingerprint density at radius 2 is 2.17 bits per heavy atom. The third-order valence-corrected chi connectivity index (χ3v) is 4.02. The molecule has 1 amide bonds. The van der Waals surface area contributed by atoms with Crippen LogP contribution in [0.3, 0.4) is 0 Å². The number of hydrogen-bond donors (Lipinski definition) is 1. The summed E-state index contributed by atoms with van der Waals surface area (Å²) in [4.78, 5) is 24.4. The lowest BCUT2D eigenvalue weighted by Crippen LogP contribution is -2.33. The third-order valence-electron chi connectivity index (χ3n) is 4.02. The van der Waals surface area contributed by atoms with Crippen LogP contribution in [0.4, 0.5) is 4.39 Å². The van der Waals surface area contributed by atoms with Crippen LogP contribution >= 0.6 is 0 Å². The van der Waals surface area contributed by atoms with Crippen LogP contribution < -0.4 is 15.6 Å². The van der Waals surface area contributed by atoms with Gasteiger partial charge in [-0.15, -0.1) is 0 Å². The standard InChI is InChI=1S/C17H18FN3O3/c1-19-16(22)12-8-14(11-5-6-15(24-2)13(18)7-11)20-21(17(12)23)9-10-3-4-10/h5-8,10H,3-4,9H2,1-2H3,(H,19,22). The van der Waals surface area contributed by atoms with E-state index in [2.05, 4.69) is 10.4 Å². The lowest BCUT2D eigenvalue weighted by molar-refractivity contribution is 0.0960. The number of nitrogens with one attached hydrogen (secondary N) is 1. The van der Waals surface area contributed by atoms with Crippen LogP contribution in [-0.2, 0) is 6.54 Å². The summed E-state index contributed by atoms with van der Waals surface area (Å²) in [5.41, 5.74) is 0.414. The SMILES string of the molecule is CNC(=O)c1cc(-c2ccc(OC)c(F)c2)nn(CC2CC2)c1=O. The average Bonchev–Trinajstić information content (AvgIpc) is 3.40. The first-order chi connectivity index (χ1) is 11.5. The van der Waals surface area contributed by atoms with Gasteiger partial charge in [0.2, 0.25) is 0 Å². The Labute approximate surface area is 138 Å². The number of rotatable bonds is 5. The van der Waals surface area contributed by atoms with Gasteiger partial charge in [-0.2, -0.15) is 5.10 Å². The van der Waals surface area contributed by atoms with Gasteiger partial charge < -0.3 is 10.1 Å². The summed E-state index contributed by atoms with van der Waals surface area (Å²) in [5, 5.41) is 6.77. The van der Waals surface area contributed by atoms with E-state index in [1.165, 1.54) is 37.0 Å². The summed E-state index contributed by atoms with van der Waals surface area (Å²) in [6.07, 6.45) is 2.09. The Bertz CT molecular complexity index is 843. The summed E-state index contributed by atoms with van der Waals surface area (Å²) < 4.78 is 20.2. The molecule has 1 fully saturated rings. The minimum atomic E-state index is -0.529. The molecule has 7 heteroatoms. The smallest absolute Gasteiger partial charge is 0.279 e. The van der Waals surface area contributed by atoms with Crippen molar-refractivity contribution in [1.82, 2.24) is 15.1 Å². The van der Waals surface area contributed by atoms with Gasteiger partial charge in [0.15, 0.2) is 11.6 Å². The second-order valence-electron chi connectivity index (χ2n) is 5.80. The van der Waals surface area contributed by atoms with Gasteiger partial charge in [-0.3, -0.25) is 9.59 Å². The molecule has 0 unspecified atom stereocenters. The molecule has 24 heavy (non-hydrogen) atoms. The zero-order valence-corrected chi connectivity index (χ0v) is 13.5. The number of aromatic nitrogens is 2. The van der Waals surface area contributed by atoms with Crippen LogP contribution in [0.25, 0.3) is 11.3 Å². The van der Waals surface area contributed by atoms with E-state index >= 15 is 0 Å². The first-order valence-electron chi connectivity index (χ1n) is 7.71. The lowest BCUT2D eigenvalue weighted by atomic mass is 10.1. The maximum atomic E-state index is 14.0. The molecule has 0 radical (unpaired) electrons. The van der Waals surface area contributed by atoms with Crippen molar-refractivity contribution in [2.45, 2.75) is 19.4 Å². The molecule has 1 aliphatic rings. The fourth-order valence-electron chi connectivity index (χ4n) is 2.47. The largest absolute Gasteiger partial charge is 0.494 e. The van der Waals surface area contributed by atoms with Crippen molar-refractivity contribution in [1.29, 1.82) is 0 Å². The number of amides is 1. The van der Waals surface area contributed by atoms with Crippen molar-refractivity contribution in [3.8, 4) is 17.0 Å². The first kappa shape index (κ1) is 16.2. The predicted octanol–water partition coefficient (Wildman–Crippen LogP) is 1.83. The highest BCUT2D eigenvalue weighted by molar-refractivity contribution is 5.94. The molecule has 1 aliphatic carbocycles. The van der Waals surface area contributed by atoms with E-state index in [9.17, 15) is 14.0 Å². The van der Waals surface area contributed by atoms with Crippen LogP contribution in [0.5, 0.6) is 5.75 Å². The second-order valence-corrected chi connectivity index (χ2v) is 5.80. The van der Waals surface area contributed by atoms with Crippen LogP contribution in [0.15, 0.2) is 29.1 Å². The molecular weight excluding hydrogens is 313 g/mol. The van der Waals surface area contributed by atoms with Gasteiger partial charge in [0.1, 0.15) is 5.56 Å². The van der Waals surface area contributed by atoms with E-state index in [0.29, 0.717) is 23.7 Å². The first-order valence-corrected chi connectivity index (χ1v) is 7.71. The fraction of sp³-hybridized carbons (Fsp3) is 0.353. The Hall–Kier alpha value is -2.70. The highest BCUT2D eigenvalue weighted by atomic mass is 19.1. The van der Waals surface area contributed by atoms with Crippen molar-refractivity contribution in [2.75, 3.05) is 14.2 Å². The van der Waals surface area contributed by atoms with Crippen molar-refractivity contribution in [3.05, 3.63) is 46.0 Å². The highest BCUT2D eigenvalue weighted by Gasteiger charge is 2.24. The Morgan fingerprint density at radius 3 is 2.75 bits per heavy atom. The van der Waals surface area contributed by atoms with E-state index in [4.69, 9.17) is 4.74 Å². The van der Waals surface area contributed by atoms with Gasteiger partial charge in [0, 0.05) is 19.2 Å². The van der Waals surface area contributed by atoms with Crippen molar-refractivity contribution in [2.24, 2.45) is 5.92 Å². The van der Waals surface area contributed by atoms with Crippen molar-refractivity contribution < 1.29 is 13.9 Å². The highest BCUT2D eigenvalue weighted by Crippen LogP contribution is 2.30. The fourth-order valence-corrected chi connectivity index (χ4v) is 2.47. The molecular formula is C17H18FN3O3. The number of ether oxygens (including phenoxy) is 1. The second kappa shape index (κ2) is 6.43. The molecule has 0 saturated heterocycles. The maximum absolute atomic E-state index is 14.0. The zero-order valence-electron chi connectivity index (χ0n) is 13.5. The average molecular weight is 331 g/mol. The number of hydrogen-bond acceptors (Lipinski definition) is 4. The van der Waals surface area contributed by atoms with E-state index in [1.54, 1.807) is 6.07 Å². The van der Waals surface area contributed by atoms with E-state index in [1.807, 2.05) is 0 Å². The van der Waals surface area contributed by atoms with E-state index < -0.39 is 17.3 Å². The summed E-state index contributed by atoms with van der Waals surface area (Å²) in [6, 6.07) is 5.80. The molecule has 2 aromatic rings. The van der Waals surface area contributed by atoms with Gasteiger partial charge in [0.05, 0.1) is 12.8 Å². The Morgan fingerprint density at radius 1 is 1.42 bits per heavy atom. The number of methoxy groups -OCH3 is 1. The normalized spacial score (nSPS) is 13.6. The van der Waals surface area contributed by atoms with Gasteiger partial charge in [0.25, 0.3) is 11.5 Å². The minimum Gasteiger partial charge on any atom is -0.494 e. The van der Waals surface area contributed by atoms with Gasteiger partial charge >= 0.3 is 0 Å². The monoisotopic (exact) mass is 331 g/mol.